The molecule has 0 aliphatic rings. The molecule has 0 saturated heterocycles. The van der Waals surface area contributed by atoms with Crippen molar-refractivity contribution in [3.8, 4) is 0 Å². The maximum absolute atomic E-state index is 4.72. The van der Waals surface area contributed by atoms with Gasteiger partial charge in [0.2, 0.25) is 0 Å². The standard InChI is InChI=1S/4C5H8N2.2C4H6N2.2C4H5NO.4C4H5NS.4C2H6/c2*1-5-3-6-7(2)4-5;1-5-3-4-7(2)6-5;1-5-3-4-6-7(5)2;2*1-6-4-2-3-5-6;1-4-5-2-3-6-4;1-4-2-3-5-6-4;1-4-2-5-6-3-4;2*1-4-2-3-6-5-4;1-4-2-3-5-6-4;4*1-2/h4*3-4H,1-2H3;2*2-4H,1H3;6*2-3H,1H3;4*1-2H3. The van der Waals surface area contributed by atoms with E-state index in [0.717, 1.165) is 28.7 Å². The number of nitrogens with zero attached hydrogens (tertiary/aromatic N) is 18. The maximum Gasteiger partial charge on any atom is 0.190 e. The first-order valence-electron chi connectivity index (χ1n) is 27.2. The van der Waals surface area contributed by atoms with Crippen LogP contribution in [0.4, 0.5) is 0 Å². The van der Waals surface area contributed by atoms with E-state index in [9.17, 15) is 0 Å². The molecule has 0 aliphatic carbocycles. The Balaban J connectivity index is -0.000000411. The number of hydrogen-bond donors (Lipinski definition) is 0. The van der Waals surface area contributed by atoms with Crippen LogP contribution in [0.2, 0.25) is 0 Å². The molecule has 0 unspecified atom stereocenters. The molecular weight excluding hydrogens is 1130 g/mol. The molecule has 0 radical (unpaired) electrons. The van der Waals surface area contributed by atoms with Crippen LogP contribution in [0.5, 0.6) is 0 Å². The summed E-state index contributed by atoms with van der Waals surface area (Å²) >= 11 is 6.00. The minimum Gasteiger partial charge on any atom is -0.449 e. The largest absolute Gasteiger partial charge is 0.449 e. The highest BCUT2D eigenvalue weighted by atomic mass is 32.1. The van der Waals surface area contributed by atoms with E-state index in [1.54, 1.807) is 79.8 Å². The lowest BCUT2D eigenvalue weighted by molar-refractivity contribution is 0.397. The molecule has 12 aromatic rings. The molecule has 24 heteroatoms. The van der Waals surface area contributed by atoms with Gasteiger partial charge in [0, 0.05) is 144 Å². The Kier molecular flexibility index (Phi) is 57.5. The third-order valence-electron chi connectivity index (χ3n) is 8.23. The predicted octanol–water partition coefficient (Wildman–Crippen LogP) is 15.6. The van der Waals surface area contributed by atoms with Gasteiger partial charge in [0.15, 0.2) is 5.89 Å². The molecule has 0 fully saturated rings. The van der Waals surface area contributed by atoms with Crippen molar-refractivity contribution >= 4 is 46.1 Å². The molecule has 12 aromatic heterocycles. The number of oxazole rings is 1. The molecular formula is C60H98N18O2S4. The summed E-state index contributed by atoms with van der Waals surface area (Å²) in [6.07, 6.45) is 27.1. The van der Waals surface area contributed by atoms with Crippen molar-refractivity contribution in [2.75, 3.05) is 0 Å². The van der Waals surface area contributed by atoms with Crippen molar-refractivity contribution < 1.29 is 8.94 Å². The second-order valence-corrected chi connectivity index (χ2v) is 18.8. The molecule has 0 saturated carbocycles. The van der Waals surface area contributed by atoms with Gasteiger partial charge in [0.25, 0.3) is 0 Å². The van der Waals surface area contributed by atoms with Gasteiger partial charge in [-0.1, -0.05) is 60.5 Å². The quantitative estimate of drug-likeness (QED) is 0.138. The summed E-state index contributed by atoms with van der Waals surface area (Å²) in [5.74, 6) is 1.57. The minimum absolute atomic E-state index is 0.718. The Morgan fingerprint density at radius 1 is 0.440 bits per heavy atom. The summed E-state index contributed by atoms with van der Waals surface area (Å²) < 4.78 is 35.6. The third kappa shape index (κ3) is 54.8. The van der Waals surface area contributed by atoms with Gasteiger partial charge in [-0.05, 0) is 168 Å². The van der Waals surface area contributed by atoms with E-state index >= 15 is 0 Å². The Bertz CT molecular complexity index is 2450. The fourth-order valence-electron chi connectivity index (χ4n) is 4.41. The second kappa shape index (κ2) is 58.4. The maximum atomic E-state index is 4.72. The van der Waals surface area contributed by atoms with Crippen LogP contribution < -0.4 is 0 Å². The van der Waals surface area contributed by atoms with E-state index in [4.69, 9.17) is 4.42 Å². The molecule has 0 N–H and O–H groups in total. The lowest BCUT2D eigenvalue weighted by Crippen LogP contribution is -1.90. The fourth-order valence-corrected chi connectivity index (χ4v) is 6.42. The average Bonchev–Trinajstić information content (AvgIpc) is 4.30. The van der Waals surface area contributed by atoms with Crippen molar-refractivity contribution in [2.24, 2.45) is 42.3 Å². The molecule has 12 rings (SSSR count). The van der Waals surface area contributed by atoms with Gasteiger partial charge in [-0.3, -0.25) is 28.1 Å². The molecule has 12 heterocycles. The van der Waals surface area contributed by atoms with Gasteiger partial charge in [-0.25, -0.2) is 13.7 Å². The summed E-state index contributed by atoms with van der Waals surface area (Å²) in [6, 6.07) is 15.5. The molecule has 0 spiro atoms. The van der Waals surface area contributed by atoms with Crippen LogP contribution in [-0.2, 0) is 42.3 Å². The van der Waals surface area contributed by atoms with Crippen LogP contribution in [0.25, 0.3) is 0 Å². The molecule has 0 bridgehead atoms. The van der Waals surface area contributed by atoms with Crippen molar-refractivity contribution in [1.82, 2.24) is 86.3 Å². The van der Waals surface area contributed by atoms with Crippen molar-refractivity contribution in [3.63, 3.8) is 0 Å². The van der Waals surface area contributed by atoms with Gasteiger partial charge in [-0.15, -0.1) is 0 Å². The van der Waals surface area contributed by atoms with Gasteiger partial charge in [0.05, 0.1) is 41.9 Å². The summed E-state index contributed by atoms with van der Waals surface area (Å²) in [5, 5.41) is 32.9. The molecule has 0 amide bonds. The van der Waals surface area contributed by atoms with Crippen LogP contribution in [-0.4, -0.2) is 86.3 Å². The second-order valence-electron chi connectivity index (χ2n) is 15.7. The van der Waals surface area contributed by atoms with Crippen LogP contribution >= 0.6 is 46.1 Å². The Labute approximate surface area is 519 Å². The first-order chi connectivity index (χ1) is 40.3. The van der Waals surface area contributed by atoms with Crippen LogP contribution in [0.1, 0.15) is 111 Å². The number of rotatable bonds is 0. The first-order valence-corrected chi connectivity index (χ1v) is 30.5. The van der Waals surface area contributed by atoms with Gasteiger partial charge < -0.3 is 8.94 Å². The van der Waals surface area contributed by atoms with E-state index in [2.05, 4.69) is 62.7 Å². The molecule has 0 aromatic carbocycles. The average molecular weight is 1230 g/mol. The zero-order valence-electron chi connectivity index (χ0n) is 54.5. The fraction of sp³-hybridized carbons (Fsp3) is 0.400. The van der Waals surface area contributed by atoms with E-state index < -0.39 is 0 Å². The zero-order chi connectivity index (χ0) is 64.4. The normalized spacial score (nSPS) is 8.48. The lowest BCUT2D eigenvalue weighted by Gasteiger charge is -1.87. The molecule has 20 nitrogen and oxygen atoms in total. The van der Waals surface area contributed by atoms with Gasteiger partial charge >= 0.3 is 0 Å². The topological polar surface area (TPSA) is 211 Å². The highest BCUT2D eigenvalue weighted by Crippen LogP contribution is 1.99. The Morgan fingerprint density at radius 2 is 0.976 bits per heavy atom. The number of aryl methyl sites for hydroxylation is 16. The first kappa shape index (κ1) is 82.7. The minimum atomic E-state index is 0.718. The van der Waals surface area contributed by atoms with Crippen LogP contribution in [0.15, 0.2) is 167 Å². The lowest BCUT2D eigenvalue weighted by atomic mass is 10.4. The molecule has 464 valence electrons. The van der Waals surface area contributed by atoms with Crippen molar-refractivity contribution in [1.29, 1.82) is 0 Å². The molecule has 84 heavy (non-hydrogen) atoms. The smallest absolute Gasteiger partial charge is 0.190 e. The molecule has 0 aliphatic heterocycles. The van der Waals surface area contributed by atoms with Gasteiger partial charge in [-0.2, -0.15) is 39.3 Å². The van der Waals surface area contributed by atoms with E-state index in [1.165, 1.54) is 73.4 Å². The zero-order valence-corrected chi connectivity index (χ0v) is 57.8. The van der Waals surface area contributed by atoms with Crippen LogP contribution in [0.3, 0.4) is 0 Å². The predicted molar refractivity (Wildman–Crippen MR) is 353 cm³/mol. The summed E-state index contributed by atoms with van der Waals surface area (Å²) in [7, 11) is 11.4. The highest BCUT2D eigenvalue weighted by molar-refractivity contribution is 7.05. The van der Waals surface area contributed by atoms with E-state index in [0.29, 0.717) is 0 Å². The summed E-state index contributed by atoms with van der Waals surface area (Å²) in [4.78, 5) is 5.02. The number of hydrogen-bond acceptors (Lipinski definition) is 18. The summed E-state index contributed by atoms with van der Waals surface area (Å²) in [6.45, 7) is 35.7. The van der Waals surface area contributed by atoms with Crippen molar-refractivity contribution in [3.05, 3.63) is 214 Å². The Morgan fingerprint density at radius 3 is 1.08 bits per heavy atom. The van der Waals surface area contributed by atoms with E-state index in [1.807, 2.05) is 273 Å². The van der Waals surface area contributed by atoms with Crippen LogP contribution in [0, 0.1) is 69.2 Å². The third-order valence-corrected chi connectivity index (χ3v) is 10.9. The van der Waals surface area contributed by atoms with Crippen molar-refractivity contribution in [2.45, 2.75) is 125 Å². The number of aromatic nitrogens is 18. The SMILES string of the molecule is CC.CC.CC.CC.Cc1ccn(C)n1.Cc1ccnn1C.Cc1ccno1.Cc1ccns1.Cc1ccsn1.Cc1ccsn1.Cc1cnn(C)c1.Cc1cnn(C)c1.Cc1cnsc1.Cc1ncco1.Cn1cccn1.Cn1cccn1. The summed E-state index contributed by atoms with van der Waals surface area (Å²) in [5.41, 5.74) is 8.16. The van der Waals surface area contributed by atoms with E-state index in [-0.39, 0.29) is 0 Å². The molecule has 0 atom stereocenters. The highest BCUT2D eigenvalue weighted by Gasteiger charge is 1.86. The monoisotopic (exact) mass is 1230 g/mol. The van der Waals surface area contributed by atoms with Gasteiger partial charge in [0.1, 0.15) is 12.0 Å². The Hall–Kier alpha value is -7.80.